The molecule has 104 valence electrons. The van der Waals surface area contributed by atoms with Gasteiger partial charge in [0.2, 0.25) is 0 Å². The molecular weight excluding hydrogens is 240 g/mol. The first-order chi connectivity index (χ1) is 9.02. The maximum absolute atomic E-state index is 11.9. The monoisotopic (exact) mass is 262 g/mol. The lowest BCUT2D eigenvalue weighted by Gasteiger charge is -2.38. The lowest BCUT2D eigenvalue weighted by atomic mass is 9.99. The summed E-state index contributed by atoms with van der Waals surface area (Å²) >= 11 is 0. The van der Waals surface area contributed by atoms with Crippen molar-refractivity contribution in [1.29, 1.82) is 0 Å². The standard InChI is InChI=1S/C15H22N2O2/c1-10-5-6-11(2)13(7-10)14-8-17(15(18)16-4)12(3)9-19-14/h5-7,12,14H,8-9H2,1-4H3,(H,16,18). The Bertz CT molecular complexity index is 473. The zero-order valence-electron chi connectivity index (χ0n) is 12.1. The second-order valence-electron chi connectivity index (χ2n) is 5.24. The number of ether oxygens (including phenoxy) is 1. The van der Waals surface area contributed by atoms with Gasteiger partial charge in [0.25, 0.3) is 0 Å². The molecule has 19 heavy (non-hydrogen) atoms. The third kappa shape index (κ3) is 2.89. The zero-order valence-corrected chi connectivity index (χ0v) is 12.1. The summed E-state index contributed by atoms with van der Waals surface area (Å²) in [6.45, 7) is 7.34. The maximum Gasteiger partial charge on any atom is 0.317 e. The number of nitrogens with zero attached hydrogens (tertiary/aromatic N) is 1. The molecule has 0 aliphatic carbocycles. The number of rotatable bonds is 1. The van der Waals surface area contributed by atoms with Gasteiger partial charge in [-0.15, -0.1) is 0 Å². The quantitative estimate of drug-likeness (QED) is 0.844. The summed E-state index contributed by atoms with van der Waals surface area (Å²) in [4.78, 5) is 13.7. The average Bonchev–Trinajstić information content (AvgIpc) is 2.41. The number of hydrogen-bond donors (Lipinski definition) is 1. The van der Waals surface area contributed by atoms with Gasteiger partial charge in [-0.2, -0.15) is 0 Å². The SMILES string of the molecule is CNC(=O)N1CC(c2cc(C)ccc2C)OCC1C. The molecule has 0 saturated carbocycles. The van der Waals surface area contributed by atoms with Gasteiger partial charge in [0.1, 0.15) is 6.10 Å². The lowest BCUT2D eigenvalue weighted by molar-refractivity contribution is -0.0427. The van der Waals surface area contributed by atoms with E-state index in [1.807, 2.05) is 11.8 Å². The first-order valence-corrected chi connectivity index (χ1v) is 6.70. The minimum Gasteiger partial charge on any atom is -0.370 e. The van der Waals surface area contributed by atoms with Crippen molar-refractivity contribution >= 4 is 6.03 Å². The van der Waals surface area contributed by atoms with Crippen molar-refractivity contribution in [3.8, 4) is 0 Å². The third-order valence-corrected chi connectivity index (χ3v) is 3.69. The zero-order chi connectivity index (χ0) is 14.0. The molecule has 1 heterocycles. The summed E-state index contributed by atoms with van der Waals surface area (Å²) < 4.78 is 5.92. The number of amides is 2. The van der Waals surface area contributed by atoms with Crippen LogP contribution in [0.15, 0.2) is 18.2 Å². The molecule has 2 atom stereocenters. The Kier molecular flexibility index (Phi) is 4.10. The number of carbonyl (C=O) groups is 1. The molecular formula is C15H22N2O2. The topological polar surface area (TPSA) is 41.6 Å². The molecule has 4 heteroatoms. The van der Waals surface area contributed by atoms with E-state index in [9.17, 15) is 4.79 Å². The molecule has 1 fully saturated rings. The highest BCUT2D eigenvalue weighted by molar-refractivity contribution is 5.74. The normalized spacial score (nSPS) is 23.3. The minimum atomic E-state index is -0.0360. The highest BCUT2D eigenvalue weighted by atomic mass is 16.5. The smallest absolute Gasteiger partial charge is 0.317 e. The molecule has 0 radical (unpaired) electrons. The van der Waals surface area contributed by atoms with Gasteiger partial charge in [-0.1, -0.05) is 23.8 Å². The number of morpholine rings is 1. The Balaban J connectivity index is 2.22. The molecule has 1 saturated heterocycles. The number of nitrogens with one attached hydrogen (secondary N) is 1. The molecule has 1 N–H and O–H groups in total. The van der Waals surface area contributed by atoms with Crippen molar-refractivity contribution in [2.24, 2.45) is 0 Å². The van der Waals surface area contributed by atoms with Crippen molar-refractivity contribution in [1.82, 2.24) is 10.2 Å². The largest absolute Gasteiger partial charge is 0.370 e. The molecule has 4 nitrogen and oxygen atoms in total. The number of carbonyl (C=O) groups excluding carboxylic acids is 1. The number of hydrogen-bond acceptors (Lipinski definition) is 2. The lowest BCUT2D eigenvalue weighted by Crippen LogP contribution is -2.51. The van der Waals surface area contributed by atoms with Gasteiger partial charge in [0.15, 0.2) is 0 Å². The summed E-state index contributed by atoms with van der Waals surface area (Å²) in [6.07, 6.45) is -0.0339. The van der Waals surface area contributed by atoms with E-state index < -0.39 is 0 Å². The molecule has 1 aromatic rings. The van der Waals surface area contributed by atoms with Gasteiger partial charge in [0, 0.05) is 7.05 Å². The second kappa shape index (κ2) is 5.61. The molecule has 1 aliphatic rings. The van der Waals surface area contributed by atoms with E-state index in [0.717, 1.165) is 0 Å². The maximum atomic E-state index is 11.9. The Morgan fingerprint density at radius 1 is 1.42 bits per heavy atom. The van der Waals surface area contributed by atoms with Gasteiger partial charge in [-0.25, -0.2) is 4.79 Å². The fourth-order valence-corrected chi connectivity index (χ4v) is 2.48. The Hall–Kier alpha value is -1.55. The van der Waals surface area contributed by atoms with Gasteiger partial charge >= 0.3 is 6.03 Å². The summed E-state index contributed by atoms with van der Waals surface area (Å²) in [5.41, 5.74) is 3.61. The number of benzene rings is 1. The van der Waals surface area contributed by atoms with Crippen LogP contribution in [0.3, 0.4) is 0 Å². The van der Waals surface area contributed by atoms with E-state index in [2.05, 4.69) is 37.4 Å². The molecule has 1 aromatic carbocycles. The first-order valence-electron chi connectivity index (χ1n) is 6.70. The van der Waals surface area contributed by atoms with Gasteiger partial charge in [0.05, 0.1) is 19.2 Å². The third-order valence-electron chi connectivity index (χ3n) is 3.69. The number of aryl methyl sites for hydroxylation is 2. The molecule has 0 spiro atoms. The first kappa shape index (κ1) is 13.9. The minimum absolute atomic E-state index is 0.0339. The molecule has 0 aromatic heterocycles. The molecule has 0 bridgehead atoms. The summed E-state index contributed by atoms with van der Waals surface area (Å²) in [6, 6.07) is 6.43. The second-order valence-corrected chi connectivity index (χ2v) is 5.24. The highest BCUT2D eigenvalue weighted by Crippen LogP contribution is 2.27. The van der Waals surface area contributed by atoms with E-state index in [0.29, 0.717) is 13.2 Å². The Morgan fingerprint density at radius 2 is 2.16 bits per heavy atom. The van der Waals surface area contributed by atoms with Gasteiger partial charge in [-0.05, 0) is 31.9 Å². The van der Waals surface area contributed by atoms with Crippen molar-refractivity contribution in [3.05, 3.63) is 34.9 Å². The Labute approximate surface area is 114 Å². The highest BCUT2D eigenvalue weighted by Gasteiger charge is 2.30. The van der Waals surface area contributed by atoms with Gasteiger partial charge in [-0.3, -0.25) is 0 Å². The number of urea groups is 1. The average molecular weight is 262 g/mol. The summed E-state index contributed by atoms with van der Waals surface area (Å²) in [5, 5.41) is 2.69. The molecule has 2 unspecified atom stereocenters. The molecule has 1 aliphatic heterocycles. The van der Waals surface area contributed by atoms with Crippen LogP contribution in [0.5, 0.6) is 0 Å². The van der Waals surface area contributed by atoms with Crippen LogP contribution < -0.4 is 5.32 Å². The fourth-order valence-electron chi connectivity index (χ4n) is 2.48. The fraction of sp³-hybridized carbons (Fsp3) is 0.533. The van der Waals surface area contributed by atoms with Crippen molar-refractivity contribution in [2.45, 2.75) is 32.9 Å². The van der Waals surface area contributed by atoms with Crippen LogP contribution in [0.1, 0.15) is 29.7 Å². The summed E-state index contributed by atoms with van der Waals surface area (Å²) in [7, 11) is 1.66. The predicted octanol–water partition coefficient (Wildman–Crippen LogP) is 2.40. The van der Waals surface area contributed by atoms with E-state index in [-0.39, 0.29) is 18.2 Å². The van der Waals surface area contributed by atoms with Crippen LogP contribution in [-0.2, 0) is 4.74 Å². The van der Waals surface area contributed by atoms with E-state index >= 15 is 0 Å². The van der Waals surface area contributed by atoms with E-state index in [1.165, 1.54) is 16.7 Å². The molecule has 2 amide bonds. The van der Waals surface area contributed by atoms with Crippen LogP contribution in [0.25, 0.3) is 0 Å². The van der Waals surface area contributed by atoms with Crippen LogP contribution in [0.4, 0.5) is 4.79 Å². The van der Waals surface area contributed by atoms with Crippen molar-refractivity contribution < 1.29 is 9.53 Å². The van der Waals surface area contributed by atoms with Crippen LogP contribution in [0.2, 0.25) is 0 Å². The van der Waals surface area contributed by atoms with E-state index in [1.54, 1.807) is 7.05 Å². The van der Waals surface area contributed by atoms with Crippen molar-refractivity contribution in [2.75, 3.05) is 20.2 Å². The van der Waals surface area contributed by atoms with Crippen molar-refractivity contribution in [3.63, 3.8) is 0 Å². The van der Waals surface area contributed by atoms with Crippen LogP contribution >= 0.6 is 0 Å². The van der Waals surface area contributed by atoms with E-state index in [4.69, 9.17) is 4.74 Å². The van der Waals surface area contributed by atoms with Gasteiger partial charge < -0.3 is 15.0 Å². The molecule has 2 rings (SSSR count). The predicted molar refractivity (Wildman–Crippen MR) is 75.2 cm³/mol. The Morgan fingerprint density at radius 3 is 2.84 bits per heavy atom. The summed E-state index contributed by atoms with van der Waals surface area (Å²) in [5.74, 6) is 0. The van der Waals surface area contributed by atoms with Crippen LogP contribution in [-0.4, -0.2) is 37.2 Å². The van der Waals surface area contributed by atoms with Crippen LogP contribution in [0, 0.1) is 13.8 Å².